The van der Waals surface area contributed by atoms with E-state index >= 15 is 0 Å². The fourth-order valence-corrected chi connectivity index (χ4v) is 2.05. The Morgan fingerprint density at radius 1 is 1.48 bits per heavy atom. The molecular formula is C15H21N3O3. The third kappa shape index (κ3) is 3.95. The van der Waals surface area contributed by atoms with Crippen LogP contribution in [0, 0.1) is 0 Å². The van der Waals surface area contributed by atoms with Crippen LogP contribution in [0.5, 0.6) is 5.75 Å². The highest BCUT2D eigenvalue weighted by Gasteiger charge is 2.17. The van der Waals surface area contributed by atoms with Crippen LogP contribution >= 0.6 is 0 Å². The maximum absolute atomic E-state index is 11.4. The van der Waals surface area contributed by atoms with E-state index in [1.165, 1.54) is 0 Å². The maximum Gasteiger partial charge on any atom is 0.344 e. The van der Waals surface area contributed by atoms with Gasteiger partial charge >= 0.3 is 5.97 Å². The van der Waals surface area contributed by atoms with Crippen molar-refractivity contribution >= 4 is 11.5 Å². The van der Waals surface area contributed by atoms with Crippen LogP contribution in [-0.4, -0.2) is 34.1 Å². The predicted octanol–water partition coefficient (Wildman–Crippen LogP) is 1.56. The number of aromatic nitrogens is 2. The zero-order chi connectivity index (χ0) is 15.5. The van der Waals surface area contributed by atoms with E-state index in [1.54, 1.807) is 19.2 Å². The topological polar surface area (TPSA) is 78.8 Å². The number of carbonyl (C=O) groups excluding carboxylic acids is 1. The van der Waals surface area contributed by atoms with Crippen molar-refractivity contribution in [1.82, 2.24) is 9.38 Å². The number of carbonyl (C=O) groups is 1. The summed E-state index contributed by atoms with van der Waals surface area (Å²) in [7, 11) is 0. The van der Waals surface area contributed by atoms with E-state index in [1.807, 2.05) is 30.5 Å². The molecule has 2 aromatic rings. The molecule has 0 radical (unpaired) electrons. The second-order valence-corrected chi connectivity index (χ2v) is 5.56. The number of fused-ring (bicyclic) bond motifs is 1. The molecule has 0 bridgehead atoms. The standard InChI is InChI=1S/C15H21N3O3/c1-4-20-14(19)10-21-12-6-5-7-18-11(12)9-17-13(18)8-15(2,3)16/h5-7,9H,4,8,10,16H2,1-3H3. The Balaban J connectivity index is 2.20. The van der Waals surface area contributed by atoms with Gasteiger partial charge in [-0.3, -0.25) is 0 Å². The second-order valence-electron chi connectivity index (χ2n) is 5.56. The first kappa shape index (κ1) is 15.3. The minimum absolute atomic E-state index is 0.115. The summed E-state index contributed by atoms with van der Waals surface area (Å²) in [4.78, 5) is 15.8. The maximum atomic E-state index is 11.4. The van der Waals surface area contributed by atoms with Crippen molar-refractivity contribution in [1.29, 1.82) is 0 Å². The number of esters is 1. The molecule has 0 spiro atoms. The van der Waals surface area contributed by atoms with Gasteiger partial charge < -0.3 is 19.6 Å². The molecule has 0 saturated heterocycles. The Kier molecular flexibility index (Phi) is 4.47. The Hall–Kier alpha value is -2.08. The molecule has 0 aliphatic rings. The lowest BCUT2D eigenvalue weighted by molar-refractivity contribution is -0.145. The number of imidazole rings is 1. The smallest absolute Gasteiger partial charge is 0.344 e. The summed E-state index contributed by atoms with van der Waals surface area (Å²) in [6, 6.07) is 3.65. The van der Waals surface area contributed by atoms with Crippen LogP contribution in [0.1, 0.15) is 26.6 Å². The largest absolute Gasteiger partial charge is 0.480 e. The van der Waals surface area contributed by atoms with Crippen molar-refractivity contribution in [2.45, 2.75) is 32.7 Å². The first-order chi connectivity index (χ1) is 9.90. The number of nitrogens with two attached hydrogens (primary N) is 1. The highest BCUT2D eigenvalue weighted by molar-refractivity contribution is 5.71. The highest BCUT2D eigenvalue weighted by atomic mass is 16.6. The molecule has 0 amide bonds. The zero-order valence-electron chi connectivity index (χ0n) is 12.6. The summed E-state index contributed by atoms with van der Waals surface area (Å²) in [6.45, 7) is 5.89. The van der Waals surface area contributed by atoms with Gasteiger partial charge in [-0.25, -0.2) is 9.78 Å². The quantitative estimate of drug-likeness (QED) is 0.817. The van der Waals surface area contributed by atoms with Crippen molar-refractivity contribution in [3.8, 4) is 5.75 Å². The number of hydrogen-bond acceptors (Lipinski definition) is 5. The van der Waals surface area contributed by atoms with Gasteiger partial charge in [0.2, 0.25) is 0 Å². The number of ether oxygens (including phenoxy) is 2. The number of hydrogen-bond donors (Lipinski definition) is 1. The number of rotatable bonds is 6. The molecule has 0 unspecified atom stereocenters. The Labute approximate surface area is 123 Å². The van der Waals surface area contributed by atoms with Gasteiger partial charge in [-0.2, -0.15) is 0 Å². The summed E-state index contributed by atoms with van der Waals surface area (Å²) in [5.74, 6) is 1.07. The van der Waals surface area contributed by atoms with E-state index < -0.39 is 0 Å². The molecule has 0 aromatic carbocycles. The molecule has 2 aromatic heterocycles. The SMILES string of the molecule is CCOC(=O)COc1cccn2c(CC(C)(C)N)ncc12. The lowest BCUT2D eigenvalue weighted by atomic mass is 10.0. The van der Waals surface area contributed by atoms with Crippen LogP contribution in [0.3, 0.4) is 0 Å². The molecule has 0 atom stereocenters. The summed E-state index contributed by atoms with van der Waals surface area (Å²) < 4.78 is 12.3. The fraction of sp³-hybridized carbons (Fsp3) is 0.467. The Bertz CT molecular complexity index is 629. The van der Waals surface area contributed by atoms with Crippen molar-refractivity contribution in [3.63, 3.8) is 0 Å². The van der Waals surface area contributed by atoms with Gasteiger partial charge in [-0.15, -0.1) is 0 Å². The normalized spacial score (nSPS) is 11.6. The molecule has 6 heteroatoms. The fourth-order valence-electron chi connectivity index (χ4n) is 2.05. The molecule has 114 valence electrons. The molecule has 0 aliphatic heterocycles. The third-order valence-electron chi connectivity index (χ3n) is 2.87. The second kappa shape index (κ2) is 6.13. The summed E-state index contributed by atoms with van der Waals surface area (Å²) >= 11 is 0. The van der Waals surface area contributed by atoms with Crippen LogP contribution in [-0.2, 0) is 16.0 Å². The van der Waals surface area contributed by atoms with E-state index in [0.29, 0.717) is 18.8 Å². The first-order valence-electron chi connectivity index (χ1n) is 6.93. The summed E-state index contributed by atoms with van der Waals surface area (Å²) in [5.41, 5.74) is 6.50. The average Bonchev–Trinajstić information content (AvgIpc) is 2.78. The van der Waals surface area contributed by atoms with Gasteiger partial charge in [0.05, 0.1) is 12.8 Å². The lowest BCUT2D eigenvalue weighted by Crippen LogP contribution is -2.35. The van der Waals surface area contributed by atoms with Crippen LogP contribution in [0.2, 0.25) is 0 Å². The van der Waals surface area contributed by atoms with Gasteiger partial charge in [0.15, 0.2) is 6.61 Å². The van der Waals surface area contributed by atoms with Crippen LogP contribution in [0.4, 0.5) is 0 Å². The third-order valence-corrected chi connectivity index (χ3v) is 2.87. The van der Waals surface area contributed by atoms with E-state index in [0.717, 1.165) is 11.3 Å². The predicted molar refractivity (Wildman–Crippen MR) is 79.3 cm³/mol. The molecule has 2 heterocycles. The lowest BCUT2D eigenvalue weighted by Gasteiger charge is -2.17. The molecule has 0 fully saturated rings. The van der Waals surface area contributed by atoms with Crippen molar-refractivity contribution in [3.05, 3.63) is 30.4 Å². The summed E-state index contributed by atoms with van der Waals surface area (Å²) in [6.07, 6.45) is 4.27. The minimum atomic E-state index is -0.387. The molecular weight excluding hydrogens is 270 g/mol. The van der Waals surface area contributed by atoms with Gasteiger partial charge in [0.25, 0.3) is 0 Å². The van der Waals surface area contributed by atoms with Crippen molar-refractivity contribution < 1.29 is 14.3 Å². The molecule has 6 nitrogen and oxygen atoms in total. The Morgan fingerprint density at radius 2 is 2.24 bits per heavy atom. The molecule has 21 heavy (non-hydrogen) atoms. The highest BCUT2D eigenvalue weighted by Crippen LogP contribution is 2.22. The monoisotopic (exact) mass is 291 g/mol. The van der Waals surface area contributed by atoms with Gasteiger partial charge in [-0.1, -0.05) is 0 Å². The number of pyridine rings is 1. The molecule has 0 aliphatic carbocycles. The molecule has 2 N–H and O–H groups in total. The molecule has 2 rings (SSSR count). The van der Waals surface area contributed by atoms with Gasteiger partial charge in [0, 0.05) is 18.2 Å². The van der Waals surface area contributed by atoms with Gasteiger partial charge in [-0.05, 0) is 32.9 Å². The van der Waals surface area contributed by atoms with E-state index in [9.17, 15) is 4.79 Å². The minimum Gasteiger partial charge on any atom is -0.480 e. The van der Waals surface area contributed by atoms with E-state index in [2.05, 4.69) is 4.98 Å². The average molecular weight is 291 g/mol. The first-order valence-corrected chi connectivity index (χ1v) is 6.93. The van der Waals surface area contributed by atoms with E-state index in [4.69, 9.17) is 15.2 Å². The van der Waals surface area contributed by atoms with Gasteiger partial charge in [0.1, 0.15) is 17.1 Å². The zero-order valence-corrected chi connectivity index (χ0v) is 12.6. The number of nitrogens with zero attached hydrogens (tertiary/aromatic N) is 2. The van der Waals surface area contributed by atoms with Crippen molar-refractivity contribution in [2.24, 2.45) is 5.73 Å². The van der Waals surface area contributed by atoms with Crippen LogP contribution in [0.15, 0.2) is 24.5 Å². The summed E-state index contributed by atoms with van der Waals surface area (Å²) in [5, 5.41) is 0. The Morgan fingerprint density at radius 3 is 2.90 bits per heavy atom. The van der Waals surface area contributed by atoms with Crippen molar-refractivity contribution in [2.75, 3.05) is 13.2 Å². The van der Waals surface area contributed by atoms with E-state index in [-0.39, 0.29) is 18.1 Å². The van der Waals surface area contributed by atoms with Crippen LogP contribution < -0.4 is 10.5 Å². The molecule has 0 saturated carbocycles. The van der Waals surface area contributed by atoms with Crippen LogP contribution in [0.25, 0.3) is 5.52 Å².